The normalized spacial score (nSPS) is 11.0. The van der Waals surface area contributed by atoms with Crippen LogP contribution in [0.1, 0.15) is 5.56 Å². The third-order valence-electron chi connectivity index (χ3n) is 4.16. The number of fused-ring (bicyclic) bond motifs is 1. The maximum absolute atomic E-state index is 10.4. The van der Waals surface area contributed by atoms with E-state index in [9.17, 15) is 5.11 Å². The molecule has 5 nitrogen and oxygen atoms in total. The topological polar surface area (TPSA) is 62.5 Å². The van der Waals surface area contributed by atoms with Crippen molar-refractivity contribution < 1.29 is 5.11 Å². The summed E-state index contributed by atoms with van der Waals surface area (Å²) in [6, 6.07) is 10.9. The Labute approximate surface area is 163 Å². The van der Waals surface area contributed by atoms with E-state index in [2.05, 4.69) is 31.2 Å². The van der Waals surface area contributed by atoms with Crippen LogP contribution in [0.5, 0.6) is 5.75 Å². The fourth-order valence-electron chi connectivity index (χ4n) is 2.78. The highest BCUT2D eigenvalue weighted by Crippen LogP contribution is 2.38. The minimum Gasteiger partial charge on any atom is -0.507 e. The number of nitrogens with zero attached hydrogens (tertiary/aromatic N) is 3. The number of rotatable bonds is 3. The van der Waals surface area contributed by atoms with E-state index in [1.54, 1.807) is 24.5 Å². The van der Waals surface area contributed by atoms with Crippen molar-refractivity contribution in [1.82, 2.24) is 14.4 Å². The second-order valence-electron chi connectivity index (χ2n) is 5.81. The molecule has 2 heterocycles. The highest BCUT2D eigenvalue weighted by molar-refractivity contribution is 9.10. The molecule has 7 heteroatoms. The Morgan fingerprint density at radius 1 is 1.23 bits per heavy atom. The summed E-state index contributed by atoms with van der Waals surface area (Å²) in [5.74, 6) is 0.872. The van der Waals surface area contributed by atoms with E-state index in [0.29, 0.717) is 21.9 Å². The van der Waals surface area contributed by atoms with Crippen molar-refractivity contribution in [3.63, 3.8) is 0 Å². The number of aromatic nitrogens is 3. The SMILES string of the molecule is Cc1c(Cl)cccc1Nc1c(-c2cc(Br)ccc2O)nc2cnccn12. The Kier molecular flexibility index (Phi) is 4.30. The van der Waals surface area contributed by atoms with E-state index in [0.717, 1.165) is 21.5 Å². The van der Waals surface area contributed by atoms with Gasteiger partial charge in [-0.15, -0.1) is 0 Å². The average molecular weight is 430 g/mol. The summed E-state index contributed by atoms with van der Waals surface area (Å²) in [6.07, 6.45) is 5.19. The van der Waals surface area contributed by atoms with E-state index in [4.69, 9.17) is 11.6 Å². The lowest BCUT2D eigenvalue weighted by Crippen LogP contribution is -1.99. The number of benzene rings is 2. The maximum atomic E-state index is 10.4. The van der Waals surface area contributed by atoms with Crippen molar-refractivity contribution in [1.29, 1.82) is 0 Å². The molecule has 4 rings (SSSR count). The van der Waals surface area contributed by atoms with Gasteiger partial charge in [-0.1, -0.05) is 33.6 Å². The average Bonchev–Trinajstić information content (AvgIpc) is 2.99. The fraction of sp³-hybridized carbons (Fsp3) is 0.0526. The van der Waals surface area contributed by atoms with E-state index in [1.165, 1.54) is 0 Å². The molecular formula is C19H14BrClN4O. The van der Waals surface area contributed by atoms with Crippen molar-refractivity contribution in [2.45, 2.75) is 6.92 Å². The number of nitrogens with one attached hydrogen (secondary N) is 1. The molecule has 4 aromatic rings. The molecule has 0 amide bonds. The molecule has 0 aliphatic heterocycles. The molecule has 2 N–H and O–H groups in total. The standard InChI is InChI=1S/C19H14BrClN4O/c1-11-14(21)3-2-4-15(11)23-19-18(13-9-12(20)5-6-16(13)26)24-17-10-22-7-8-25(17)19/h2-10,23,26H,1H3. The number of halogens is 2. The van der Waals surface area contributed by atoms with Gasteiger partial charge in [0.05, 0.1) is 6.20 Å². The zero-order valence-corrected chi connectivity index (χ0v) is 16.1. The predicted octanol–water partition coefficient (Wildman–Crippen LogP) is 5.57. The first-order valence-corrected chi connectivity index (χ1v) is 9.05. The van der Waals surface area contributed by atoms with Gasteiger partial charge in [-0.2, -0.15) is 0 Å². The molecular weight excluding hydrogens is 416 g/mol. The molecule has 0 bridgehead atoms. The molecule has 0 spiro atoms. The van der Waals surface area contributed by atoms with Crippen LogP contribution in [0.2, 0.25) is 5.02 Å². The second-order valence-corrected chi connectivity index (χ2v) is 7.14. The molecule has 2 aromatic heterocycles. The first kappa shape index (κ1) is 16.9. The zero-order chi connectivity index (χ0) is 18.3. The van der Waals surface area contributed by atoms with Gasteiger partial charge in [0.1, 0.15) is 17.3 Å². The second kappa shape index (κ2) is 6.63. The lowest BCUT2D eigenvalue weighted by Gasteiger charge is -2.13. The van der Waals surface area contributed by atoms with Crippen LogP contribution in [0.3, 0.4) is 0 Å². The lowest BCUT2D eigenvalue weighted by atomic mass is 10.1. The van der Waals surface area contributed by atoms with Gasteiger partial charge in [-0.05, 0) is 42.8 Å². The van der Waals surface area contributed by atoms with Gasteiger partial charge in [0.15, 0.2) is 5.65 Å². The smallest absolute Gasteiger partial charge is 0.157 e. The number of hydrogen-bond acceptors (Lipinski definition) is 4. The Bertz CT molecular complexity index is 1130. The van der Waals surface area contributed by atoms with Crippen LogP contribution in [-0.2, 0) is 0 Å². The number of phenols is 1. The van der Waals surface area contributed by atoms with Crippen LogP contribution < -0.4 is 5.32 Å². The molecule has 0 radical (unpaired) electrons. The van der Waals surface area contributed by atoms with Gasteiger partial charge in [-0.25, -0.2) is 4.98 Å². The summed E-state index contributed by atoms with van der Waals surface area (Å²) in [5.41, 5.74) is 3.71. The van der Waals surface area contributed by atoms with Crippen LogP contribution in [0.15, 0.2) is 59.5 Å². The number of imidazole rings is 1. The molecule has 0 atom stereocenters. The Morgan fingerprint density at radius 3 is 2.92 bits per heavy atom. The number of phenolic OH excluding ortho intramolecular Hbond substituents is 1. The van der Waals surface area contributed by atoms with Gasteiger partial charge >= 0.3 is 0 Å². The van der Waals surface area contributed by atoms with Crippen LogP contribution in [0, 0.1) is 6.92 Å². The molecule has 0 saturated carbocycles. The molecule has 26 heavy (non-hydrogen) atoms. The summed E-state index contributed by atoms with van der Waals surface area (Å²) in [5, 5.41) is 14.5. The minimum absolute atomic E-state index is 0.149. The predicted molar refractivity (Wildman–Crippen MR) is 107 cm³/mol. The Hall–Kier alpha value is -2.57. The Balaban J connectivity index is 1.95. The Morgan fingerprint density at radius 2 is 2.08 bits per heavy atom. The van der Waals surface area contributed by atoms with Crippen LogP contribution in [0.4, 0.5) is 11.5 Å². The summed E-state index contributed by atoms with van der Waals surface area (Å²) in [7, 11) is 0. The largest absolute Gasteiger partial charge is 0.507 e. The van der Waals surface area contributed by atoms with Gasteiger partial charge < -0.3 is 10.4 Å². The molecule has 130 valence electrons. The highest BCUT2D eigenvalue weighted by atomic mass is 79.9. The van der Waals surface area contributed by atoms with Crippen LogP contribution in [0.25, 0.3) is 16.9 Å². The van der Waals surface area contributed by atoms with E-state index < -0.39 is 0 Å². The third kappa shape index (κ3) is 2.91. The summed E-state index contributed by atoms with van der Waals surface area (Å²) in [4.78, 5) is 8.79. The molecule has 0 aliphatic rings. The van der Waals surface area contributed by atoms with Crippen molar-refractivity contribution in [3.8, 4) is 17.0 Å². The molecule has 0 aliphatic carbocycles. The fourth-order valence-corrected chi connectivity index (χ4v) is 3.32. The van der Waals surface area contributed by atoms with Gasteiger partial charge in [0.2, 0.25) is 0 Å². The van der Waals surface area contributed by atoms with Crippen LogP contribution >= 0.6 is 27.5 Å². The van der Waals surface area contributed by atoms with Crippen LogP contribution in [-0.4, -0.2) is 19.5 Å². The molecule has 0 saturated heterocycles. The van der Waals surface area contributed by atoms with Gasteiger partial charge in [0.25, 0.3) is 0 Å². The van der Waals surface area contributed by atoms with E-state index in [-0.39, 0.29) is 5.75 Å². The van der Waals surface area contributed by atoms with Gasteiger partial charge in [-0.3, -0.25) is 9.38 Å². The summed E-state index contributed by atoms with van der Waals surface area (Å²) in [6.45, 7) is 1.95. The van der Waals surface area contributed by atoms with E-state index in [1.807, 2.05) is 41.8 Å². The van der Waals surface area contributed by atoms with Crippen molar-refractivity contribution in [2.24, 2.45) is 0 Å². The molecule has 0 fully saturated rings. The maximum Gasteiger partial charge on any atom is 0.157 e. The quantitative estimate of drug-likeness (QED) is 0.447. The minimum atomic E-state index is 0.149. The number of anilines is 2. The lowest BCUT2D eigenvalue weighted by molar-refractivity contribution is 0.477. The van der Waals surface area contributed by atoms with Crippen molar-refractivity contribution in [2.75, 3.05) is 5.32 Å². The van der Waals surface area contributed by atoms with Crippen molar-refractivity contribution in [3.05, 3.63) is 70.0 Å². The summed E-state index contributed by atoms with van der Waals surface area (Å²) >= 11 is 9.71. The zero-order valence-electron chi connectivity index (χ0n) is 13.7. The monoisotopic (exact) mass is 428 g/mol. The number of hydrogen-bond donors (Lipinski definition) is 2. The van der Waals surface area contributed by atoms with Gasteiger partial charge in [0, 0.05) is 33.1 Å². The molecule has 2 aromatic carbocycles. The molecule has 0 unspecified atom stereocenters. The van der Waals surface area contributed by atoms with E-state index >= 15 is 0 Å². The van der Waals surface area contributed by atoms with Crippen molar-refractivity contribution >= 4 is 44.7 Å². The summed E-state index contributed by atoms with van der Waals surface area (Å²) < 4.78 is 2.74. The first-order valence-electron chi connectivity index (χ1n) is 7.87. The third-order valence-corrected chi connectivity index (χ3v) is 5.07. The first-order chi connectivity index (χ1) is 12.5. The highest BCUT2D eigenvalue weighted by Gasteiger charge is 2.18. The number of aromatic hydroxyl groups is 1.